The first-order valence-corrected chi connectivity index (χ1v) is 6.59. The van der Waals surface area contributed by atoms with E-state index in [2.05, 4.69) is 10.1 Å². The lowest BCUT2D eigenvalue weighted by Gasteiger charge is -2.20. The van der Waals surface area contributed by atoms with Crippen LogP contribution in [0.2, 0.25) is 0 Å². The average molecular weight is 288 g/mol. The van der Waals surface area contributed by atoms with E-state index in [1.807, 2.05) is 0 Å². The summed E-state index contributed by atoms with van der Waals surface area (Å²) in [6.07, 6.45) is 1.11. The third-order valence-electron chi connectivity index (χ3n) is 3.01. The smallest absolute Gasteiger partial charge is 0.317 e. The molecule has 2 N–H and O–H groups in total. The lowest BCUT2D eigenvalue weighted by Crippen LogP contribution is -2.41. The van der Waals surface area contributed by atoms with Gasteiger partial charge in [-0.3, -0.25) is 9.59 Å². The van der Waals surface area contributed by atoms with Gasteiger partial charge in [-0.25, -0.2) is 4.79 Å². The van der Waals surface area contributed by atoms with E-state index in [9.17, 15) is 14.4 Å². The molecule has 0 heterocycles. The van der Waals surface area contributed by atoms with Gasteiger partial charge in [0.25, 0.3) is 0 Å². The average Bonchev–Trinajstić information content (AvgIpc) is 2.41. The molecule has 2 unspecified atom stereocenters. The van der Waals surface area contributed by atoms with Gasteiger partial charge >= 0.3 is 18.0 Å². The molecule has 0 aromatic heterocycles. The standard InChI is InChI=1S/C13H24N2O5/c1-9(11(16)17)6-5-7-14-13(19)15(3)8-10(2)12(18)20-4/h9-10H,5-8H2,1-4H3,(H,14,19)(H,16,17). The van der Waals surface area contributed by atoms with Crippen LogP contribution in [0.5, 0.6) is 0 Å². The second-order valence-electron chi connectivity index (χ2n) is 4.92. The molecule has 0 bridgehead atoms. The van der Waals surface area contributed by atoms with Gasteiger partial charge in [0.05, 0.1) is 18.9 Å². The lowest BCUT2D eigenvalue weighted by molar-refractivity contribution is -0.145. The number of carboxylic acids is 1. The second-order valence-corrected chi connectivity index (χ2v) is 4.92. The zero-order valence-electron chi connectivity index (χ0n) is 12.5. The molecule has 116 valence electrons. The van der Waals surface area contributed by atoms with E-state index < -0.39 is 11.9 Å². The Morgan fingerprint density at radius 2 is 1.85 bits per heavy atom. The Morgan fingerprint density at radius 3 is 2.35 bits per heavy atom. The van der Waals surface area contributed by atoms with Gasteiger partial charge in [-0.2, -0.15) is 0 Å². The summed E-state index contributed by atoms with van der Waals surface area (Å²) in [6.45, 7) is 4.00. The predicted molar refractivity (Wildman–Crippen MR) is 73.2 cm³/mol. The molecular formula is C13H24N2O5. The number of carboxylic acid groups (broad SMARTS) is 1. The van der Waals surface area contributed by atoms with Gasteiger partial charge in [0.15, 0.2) is 0 Å². The monoisotopic (exact) mass is 288 g/mol. The van der Waals surface area contributed by atoms with E-state index in [-0.39, 0.29) is 24.5 Å². The van der Waals surface area contributed by atoms with Crippen molar-refractivity contribution in [3.05, 3.63) is 0 Å². The molecular weight excluding hydrogens is 264 g/mol. The van der Waals surface area contributed by atoms with Crippen molar-refractivity contribution < 1.29 is 24.2 Å². The lowest BCUT2D eigenvalue weighted by atomic mass is 10.1. The van der Waals surface area contributed by atoms with Gasteiger partial charge in [-0.1, -0.05) is 13.8 Å². The maximum absolute atomic E-state index is 11.7. The summed E-state index contributed by atoms with van der Waals surface area (Å²) >= 11 is 0. The molecule has 0 rings (SSSR count). The molecule has 7 nitrogen and oxygen atoms in total. The number of nitrogens with zero attached hydrogens (tertiary/aromatic N) is 1. The largest absolute Gasteiger partial charge is 0.481 e. The van der Waals surface area contributed by atoms with Gasteiger partial charge in [-0.15, -0.1) is 0 Å². The number of nitrogens with one attached hydrogen (secondary N) is 1. The summed E-state index contributed by atoms with van der Waals surface area (Å²) in [5.74, 6) is -1.99. The fourth-order valence-electron chi connectivity index (χ4n) is 1.63. The van der Waals surface area contributed by atoms with Gasteiger partial charge in [0.2, 0.25) is 0 Å². The number of ether oxygens (including phenoxy) is 1. The Bertz CT molecular complexity index is 346. The summed E-state index contributed by atoms with van der Waals surface area (Å²) in [7, 11) is 2.90. The van der Waals surface area contributed by atoms with Crippen LogP contribution < -0.4 is 5.32 Å². The Hall–Kier alpha value is -1.79. The molecule has 7 heteroatoms. The van der Waals surface area contributed by atoms with Crippen molar-refractivity contribution in [3.63, 3.8) is 0 Å². The molecule has 0 aliphatic heterocycles. The van der Waals surface area contributed by atoms with Gasteiger partial charge in [0, 0.05) is 20.1 Å². The third kappa shape index (κ3) is 6.96. The van der Waals surface area contributed by atoms with Crippen LogP contribution in [0.4, 0.5) is 4.79 Å². The highest BCUT2D eigenvalue weighted by molar-refractivity contribution is 5.76. The number of carbonyl (C=O) groups excluding carboxylic acids is 2. The van der Waals surface area contributed by atoms with Gasteiger partial charge in [-0.05, 0) is 12.8 Å². The quantitative estimate of drug-likeness (QED) is 0.512. The molecule has 0 aliphatic carbocycles. The van der Waals surface area contributed by atoms with Crippen LogP contribution in [0.3, 0.4) is 0 Å². The number of rotatable bonds is 8. The fraction of sp³-hybridized carbons (Fsp3) is 0.769. The number of urea groups is 1. The number of esters is 1. The first kappa shape index (κ1) is 18.2. The summed E-state index contributed by atoms with van der Waals surface area (Å²) in [5.41, 5.74) is 0. The maximum atomic E-state index is 11.7. The molecule has 0 aromatic carbocycles. The van der Waals surface area contributed by atoms with E-state index in [4.69, 9.17) is 5.11 Å². The molecule has 0 saturated heterocycles. The van der Waals surface area contributed by atoms with Crippen LogP contribution in [0.25, 0.3) is 0 Å². The van der Waals surface area contributed by atoms with E-state index in [1.165, 1.54) is 12.0 Å². The molecule has 20 heavy (non-hydrogen) atoms. The van der Waals surface area contributed by atoms with Crippen molar-refractivity contribution in [2.75, 3.05) is 27.2 Å². The zero-order valence-corrected chi connectivity index (χ0v) is 12.5. The van der Waals surface area contributed by atoms with Crippen molar-refractivity contribution in [3.8, 4) is 0 Å². The number of amides is 2. The number of hydrogen-bond donors (Lipinski definition) is 2. The molecule has 0 aliphatic rings. The predicted octanol–water partition coefficient (Wildman–Crippen LogP) is 0.938. The highest BCUT2D eigenvalue weighted by Gasteiger charge is 2.18. The van der Waals surface area contributed by atoms with E-state index >= 15 is 0 Å². The fourth-order valence-corrected chi connectivity index (χ4v) is 1.63. The number of aliphatic carboxylic acids is 1. The van der Waals surface area contributed by atoms with E-state index in [0.717, 1.165) is 0 Å². The van der Waals surface area contributed by atoms with Crippen LogP contribution in [0.15, 0.2) is 0 Å². The summed E-state index contributed by atoms with van der Waals surface area (Å²) < 4.78 is 4.59. The maximum Gasteiger partial charge on any atom is 0.317 e. The SMILES string of the molecule is COC(=O)C(C)CN(C)C(=O)NCCCC(C)C(=O)O. The Labute approximate surface area is 119 Å². The van der Waals surface area contributed by atoms with Crippen LogP contribution in [0, 0.1) is 11.8 Å². The molecule has 0 saturated carbocycles. The van der Waals surface area contributed by atoms with Crippen molar-refractivity contribution >= 4 is 18.0 Å². The van der Waals surface area contributed by atoms with E-state index in [0.29, 0.717) is 19.4 Å². The van der Waals surface area contributed by atoms with Crippen molar-refractivity contribution in [2.24, 2.45) is 11.8 Å². The molecule has 2 amide bonds. The number of methoxy groups -OCH3 is 1. The van der Waals surface area contributed by atoms with Gasteiger partial charge in [0.1, 0.15) is 0 Å². The molecule has 0 spiro atoms. The highest BCUT2D eigenvalue weighted by Crippen LogP contribution is 2.05. The Balaban J connectivity index is 3.91. The topological polar surface area (TPSA) is 95.9 Å². The molecule has 2 atom stereocenters. The van der Waals surface area contributed by atoms with Crippen LogP contribution in [-0.2, 0) is 14.3 Å². The minimum Gasteiger partial charge on any atom is -0.481 e. The molecule has 0 radical (unpaired) electrons. The first-order valence-electron chi connectivity index (χ1n) is 6.59. The highest BCUT2D eigenvalue weighted by atomic mass is 16.5. The minimum atomic E-state index is -0.833. The van der Waals surface area contributed by atoms with Gasteiger partial charge < -0.3 is 20.1 Å². The Morgan fingerprint density at radius 1 is 1.25 bits per heavy atom. The summed E-state index contributed by atoms with van der Waals surface area (Å²) in [6, 6.07) is -0.288. The molecule has 0 fully saturated rings. The second kappa shape index (κ2) is 9.17. The van der Waals surface area contributed by atoms with Crippen LogP contribution in [-0.4, -0.2) is 55.2 Å². The summed E-state index contributed by atoms with van der Waals surface area (Å²) in [5, 5.41) is 11.4. The minimum absolute atomic E-state index is 0.268. The third-order valence-corrected chi connectivity index (χ3v) is 3.01. The summed E-state index contributed by atoms with van der Waals surface area (Å²) in [4.78, 5) is 35.0. The Kier molecular flexibility index (Phi) is 8.35. The van der Waals surface area contributed by atoms with Crippen LogP contribution in [0.1, 0.15) is 26.7 Å². The van der Waals surface area contributed by atoms with Crippen molar-refractivity contribution in [1.82, 2.24) is 10.2 Å². The van der Waals surface area contributed by atoms with E-state index in [1.54, 1.807) is 20.9 Å². The number of carbonyl (C=O) groups is 3. The first-order chi connectivity index (χ1) is 9.29. The normalized spacial score (nSPS) is 13.2. The van der Waals surface area contributed by atoms with Crippen LogP contribution >= 0.6 is 0 Å². The van der Waals surface area contributed by atoms with Crippen molar-refractivity contribution in [2.45, 2.75) is 26.7 Å². The number of hydrogen-bond acceptors (Lipinski definition) is 4. The zero-order chi connectivity index (χ0) is 15.7. The van der Waals surface area contributed by atoms with Crippen molar-refractivity contribution in [1.29, 1.82) is 0 Å². The molecule has 0 aromatic rings.